The van der Waals surface area contributed by atoms with Crippen LogP contribution in [-0.2, 0) is 11.3 Å². The van der Waals surface area contributed by atoms with Crippen LogP contribution in [-0.4, -0.2) is 29.3 Å². The molecule has 146 valence electrons. The fourth-order valence-corrected chi connectivity index (χ4v) is 4.15. The second kappa shape index (κ2) is 8.34. The number of anilines is 1. The molecule has 0 amide bonds. The van der Waals surface area contributed by atoms with Crippen LogP contribution >= 0.6 is 11.6 Å². The van der Waals surface area contributed by atoms with E-state index in [0.717, 1.165) is 25.2 Å². The Morgan fingerprint density at radius 1 is 1.32 bits per heavy atom. The second-order valence-corrected chi connectivity index (χ2v) is 8.33. The molecule has 0 radical (unpaired) electrons. The Labute approximate surface area is 172 Å². The molecule has 1 fully saturated rings. The number of rotatable bonds is 6. The Balaban J connectivity index is 1.84. The summed E-state index contributed by atoms with van der Waals surface area (Å²) in [4.78, 5) is 15.5. The van der Waals surface area contributed by atoms with Crippen molar-refractivity contribution in [3.8, 4) is 6.07 Å². The smallest absolute Gasteiger partial charge is 0.162 e. The van der Waals surface area contributed by atoms with Crippen molar-refractivity contribution in [2.24, 2.45) is 5.92 Å². The molecular formula is C23H26ClN3O. The Hall–Kier alpha value is -2.35. The molecule has 1 saturated heterocycles. The fourth-order valence-electron chi connectivity index (χ4n) is 3.93. The van der Waals surface area contributed by atoms with Crippen molar-refractivity contribution in [3.05, 3.63) is 64.2 Å². The topological polar surface area (TPSA) is 56.1 Å². The first-order valence-corrected chi connectivity index (χ1v) is 10.0. The molecule has 1 aliphatic rings. The van der Waals surface area contributed by atoms with Crippen LogP contribution in [0, 0.1) is 24.2 Å². The van der Waals surface area contributed by atoms with E-state index in [2.05, 4.69) is 41.4 Å². The largest absolute Gasteiger partial charge is 0.372 e. The van der Waals surface area contributed by atoms with Gasteiger partial charge in [0.2, 0.25) is 0 Å². The van der Waals surface area contributed by atoms with Gasteiger partial charge in [0.15, 0.2) is 5.78 Å². The molecule has 0 spiro atoms. The van der Waals surface area contributed by atoms with Crippen molar-refractivity contribution in [2.75, 3.05) is 18.4 Å². The Morgan fingerprint density at radius 3 is 2.71 bits per heavy atom. The van der Waals surface area contributed by atoms with Gasteiger partial charge in [0, 0.05) is 31.2 Å². The third-order valence-corrected chi connectivity index (χ3v) is 5.79. The average Bonchev–Trinajstić information content (AvgIpc) is 3.06. The van der Waals surface area contributed by atoms with Crippen LogP contribution in [0.2, 0.25) is 5.02 Å². The molecule has 0 saturated carbocycles. The summed E-state index contributed by atoms with van der Waals surface area (Å²) in [6.07, 6.45) is 0.744. The molecular weight excluding hydrogens is 370 g/mol. The number of benzene rings is 2. The highest BCUT2D eigenvalue weighted by Gasteiger charge is 2.45. The van der Waals surface area contributed by atoms with E-state index in [1.165, 1.54) is 11.1 Å². The van der Waals surface area contributed by atoms with Crippen LogP contribution in [0.25, 0.3) is 0 Å². The number of carbonyl (C=O) groups excluding carboxylic acids is 1. The zero-order valence-electron chi connectivity index (χ0n) is 16.6. The Morgan fingerprint density at radius 2 is 2.07 bits per heavy atom. The Bertz CT molecular complexity index is 918. The van der Waals surface area contributed by atoms with Gasteiger partial charge in [-0.15, -0.1) is 0 Å². The molecule has 0 aliphatic carbocycles. The summed E-state index contributed by atoms with van der Waals surface area (Å²) in [7, 11) is 0. The van der Waals surface area contributed by atoms with E-state index in [-0.39, 0.29) is 11.7 Å². The van der Waals surface area contributed by atoms with E-state index in [0.29, 0.717) is 17.1 Å². The average molecular weight is 396 g/mol. The number of halogens is 1. The summed E-state index contributed by atoms with van der Waals surface area (Å²) in [5.41, 5.74) is 3.12. The second-order valence-electron chi connectivity index (χ2n) is 7.92. The van der Waals surface area contributed by atoms with Crippen LogP contribution in [0.15, 0.2) is 42.5 Å². The normalized spacial score (nSPS) is 19.6. The predicted molar refractivity (Wildman–Crippen MR) is 113 cm³/mol. The monoisotopic (exact) mass is 395 g/mol. The maximum absolute atomic E-state index is 13.2. The van der Waals surface area contributed by atoms with Gasteiger partial charge in [0.25, 0.3) is 0 Å². The van der Waals surface area contributed by atoms with Crippen molar-refractivity contribution in [3.63, 3.8) is 0 Å². The van der Waals surface area contributed by atoms with E-state index < -0.39 is 5.54 Å². The van der Waals surface area contributed by atoms with Crippen LogP contribution < -0.4 is 5.32 Å². The number of nitriles is 1. The van der Waals surface area contributed by atoms with Crippen molar-refractivity contribution >= 4 is 23.1 Å². The quantitative estimate of drug-likeness (QED) is 0.763. The van der Waals surface area contributed by atoms with Gasteiger partial charge in [-0.3, -0.25) is 9.69 Å². The maximum atomic E-state index is 13.2. The van der Waals surface area contributed by atoms with Crippen LogP contribution in [0.4, 0.5) is 5.69 Å². The molecule has 0 unspecified atom stereocenters. The summed E-state index contributed by atoms with van der Waals surface area (Å²) in [5, 5.41) is 13.0. The summed E-state index contributed by atoms with van der Waals surface area (Å²) in [6, 6.07) is 15.7. The number of carbonyl (C=O) groups is 1. The first-order chi connectivity index (χ1) is 13.3. The third kappa shape index (κ3) is 4.22. The van der Waals surface area contributed by atoms with Crippen molar-refractivity contribution in [1.29, 1.82) is 5.26 Å². The first kappa shape index (κ1) is 20.4. The fraction of sp³-hybridized carbons (Fsp3) is 0.391. The standard InChI is InChI=1S/C23H26ClN3O/c1-16(2)22(28)23(26-20-9-8-18(13-25)21(24)12-20)10-11-27(15-23)14-19-7-5-4-6-17(19)3/h4-9,12,16,26H,10-11,14-15H2,1-3H3/t23-/m0/s1. The van der Waals surface area contributed by atoms with E-state index in [9.17, 15) is 4.79 Å². The van der Waals surface area contributed by atoms with Gasteiger partial charge in [-0.2, -0.15) is 5.26 Å². The minimum absolute atomic E-state index is 0.0697. The predicted octanol–water partition coefficient (Wildman–Crippen LogP) is 4.80. The van der Waals surface area contributed by atoms with E-state index in [1.54, 1.807) is 12.1 Å². The molecule has 1 aliphatic heterocycles. The minimum Gasteiger partial charge on any atom is -0.372 e. The molecule has 1 heterocycles. The van der Waals surface area contributed by atoms with Gasteiger partial charge in [-0.25, -0.2) is 0 Å². The van der Waals surface area contributed by atoms with E-state index in [4.69, 9.17) is 16.9 Å². The zero-order valence-corrected chi connectivity index (χ0v) is 17.4. The molecule has 3 rings (SSSR count). The van der Waals surface area contributed by atoms with Crippen LogP contribution in [0.1, 0.15) is 37.0 Å². The number of likely N-dealkylation sites (tertiary alicyclic amines) is 1. The maximum Gasteiger partial charge on any atom is 0.162 e. The highest BCUT2D eigenvalue weighted by atomic mass is 35.5. The van der Waals surface area contributed by atoms with Crippen molar-refractivity contribution in [1.82, 2.24) is 4.90 Å². The van der Waals surface area contributed by atoms with Crippen molar-refractivity contribution in [2.45, 2.75) is 39.3 Å². The lowest BCUT2D eigenvalue weighted by Gasteiger charge is -2.32. The van der Waals surface area contributed by atoms with Crippen LogP contribution in [0.3, 0.4) is 0 Å². The molecule has 2 aromatic rings. The van der Waals surface area contributed by atoms with Crippen LogP contribution in [0.5, 0.6) is 0 Å². The molecule has 0 bridgehead atoms. The number of aryl methyl sites for hydroxylation is 1. The van der Waals surface area contributed by atoms with Gasteiger partial charge >= 0.3 is 0 Å². The van der Waals surface area contributed by atoms with E-state index >= 15 is 0 Å². The van der Waals surface area contributed by atoms with E-state index in [1.807, 2.05) is 26.0 Å². The molecule has 0 aromatic heterocycles. The number of hydrogen-bond donors (Lipinski definition) is 1. The number of nitrogens with zero attached hydrogens (tertiary/aromatic N) is 2. The lowest BCUT2D eigenvalue weighted by atomic mass is 9.86. The van der Waals surface area contributed by atoms with Gasteiger partial charge in [-0.05, 0) is 42.7 Å². The Kier molecular flexibility index (Phi) is 6.07. The van der Waals surface area contributed by atoms with Gasteiger partial charge in [0.05, 0.1) is 10.6 Å². The van der Waals surface area contributed by atoms with Gasteiger partial charge in [0.1, 0.15) is 11.6 Å². The highest BCUT2D eigenvalue weighted by Crippen LogP contribution is 2.32. The summed E-state index contributed by atoms with van der Waals surface area (Å²) >= 11 is 6.20. The molecule has 1 N–H and O–H groups in total. The number of Topliss-reactive ketones (excluding diaryl/α,β-unsaturated/α-hetero) is 1. The molecule has 28 heavy (non-hydrogen) atoms. The number of ketones is 1. The summed E-state index contributed by atoms with van der Waals surface area (Å²) in [6.45, 7) is 8.34. The summed E-state index contributed by atoms with van der Waals surface area (Å²) in [5.74, 6) is 0.139. The molecule has 1 atom stereocenters. The molecule has 2 aromatic carbocycles. The molecule has 5 heteroatoms. The third-order valence-electron chi connectivity index (χ3n) is 5.47. The highest BCUT2D eigenvalue weighted by molar-refractivity contribution is 6.32. The minimum atomic E-state index is -0.645. The van der Waals surface area contributed by atoms with Gasteiger partial charge in [-0.1, -0.05) is 49.7 Å². The number of nitrogens with one attached hydrogen (secondary N) is 1. The van der Waals surface area contributed by atoms with Crippen molar-refractivity contribution < 1.29 is 4.79 Å². The number of hydrogen-bond acceptors (Lipinski definition) is 4. The lowest BCUT2D eigenvalue weighted by molar-refractivity contribution is -0.126. The zero-order chi connectivity index (χ0) is 20.3. The first-order valence-electron chi connectivity index (χ1n) is 9.63. The summed E-state index contributed by atoms with van der Waals surface area (Å²) < 4.78 is 0. The lowest BCUT2D eigenvalue weighted by Crippen LogP contribution is -2.50. The van der Waals surface area contributed by atoms with Gasteiger partial charge < -0.3 is 5.32 Å². The molecule has 4 nitrogen and oxygen atoms in total. The SMILES string of the molecule is Cc1ccccc1CN1CC[C@@](Nc2ccc(C#N)c(Cl)c2)(C(=O)C(C)C)C1.